The lowest BCUT2D eigenvalue weighted by molar-refractivity contribution is 0.499. The fourth-order valence-corrected chi connectivity index (χ4v) is 2.72. The van der Waals surface area contributed by atoms with Gasteiger partial charge in [0.05, 0.1) is 5.52 Å². The van der Waals surface area contributed by atoms with Gasteiger partial charge in [-0.3, -0.25) is 0 Å². The molecule has 2 N–H and O–H groups in total. The number of hydrogen-bond donors (Lipinski definition) is 1. The summed E-state index contributed by atoms with van der Waals surface area (Å²) >= 11 is 6.05. The molecule has 1 saturated heterocycles. The molecule has 1 aromatic heterocycles. The van der Waals surface area contributed by atoms with Crippen molar-refractivity contribution in [2.45, 2.75) is 25.8 Å². The van der Waals surface area contributed by atoms with Crippen LogP contribution in [-0.2, 0) is 0 Å². The highest BCUT2D eigenvalue weighted by Gasteiger charge is 2.20. The second kappa shape index (κ2) is 7.45. The lowest BCUT2D eigenvalue weighted by atomic mass is 10.1. The largest absolute Gasteiger partial charge is 0.356 e. The molecule has 1 aliphatic heterocycles. The van der Waals surface area contributed by atoms with Crippen molar-refractivity contribution in [2.24, 2.45) is 5.73 Å². The van der Waals surface area contributed by atoms with Crippen molar-refractivity contribution in [2.75, 3.05) is 18.0 Å². The summed E-state index contributed by atoms with van der Waals surface area (Å²) in [6, 6.07) is 6.51. The van der Waals surface area contributed by atoms with Crippen LogP contribution in [0.3, 0.4) is 0 Å². The van der Waals surface area contributed by atoms with Gasteiger partial charge in [-0.15, -0.1) is 24.8 Å². The first-order valence-electron chi connectivity index (χ1n) is 6.58. The third kappa shape index (κ3) is 3.89. The van der Waals surface area contributed by atoms with Crippen LogP contribution in [0.5, 0.6) is 0 Å². The number of hydrogen-bond acceptors (Lipinski definition) is 4. The maximum Gasteiger partial charge on any atom is 0.224 e. The molecule has 0 spiro atoms. The van der Waals surface area contributed by atoms with Crippen molar-refractivity contribution in [1.29, 1.82) is 0 Å². The van der Waals surface area contributed by atoms with E-state index in [9.17, 15) is 0 Å². The van der Waals surface area contributed by atoms with Gasteiger partial charge < -0.3 is 10.6 Å². The molecule has 1 aliphatic rings. The van der Waals surface area contributed by atoms with Crippen LogP contribution in [0.4, 0.5) is 5.82 Å². The van der Waals surface area contributed by atoms with Crippen molar-refractivity contribution in [3.8, 4) is 0 Å². The van der Waals surface area contributed by atoms with Crippen LogP contribution >= 0.6 is 36.4 Å². The van der Waals surface area contributed by atoms with Crippen LogP contribution in [0.1, 0.15) is 18.4 Å². The van der Waals surface area contributed by atoms with E-state index in [1.54, 1.807) is 0 Å². The van der Waals surface area contributed by atoms with E-state index in [0.717, 1.165) is 42.7 Å². The summed E-state index contributed by atoms with van der Waals surface area (Å²) in [6.07, 6.45) is 1.99. The molecule has 116 valence electrons. The third-order valence-corrected chi connectivity index (χ3v) is 3.81. The molecular formula is C14H19Cl3N4. The van der Waals surface area contributed by atoms with Crippen LogP contribution in [0.25, 0.3) is 10.9 Å². The number of benzene rings is 1. The predicted octanol–water partition coefficient (Wildman–Crippen LogP) is 3.36. The number of nitrogens with zero attached hydrogens (tertiary/aromatic N) is 3. The number of halogens is 3. The summed E-state index contributed by atoms with van der Waals surface area (Å²) in [5, 5.41) is 1.37. The van der Waals surface area contributed by atoms with Crippen LogP contribution in [0.15, 0.2) is 18.2 Å². The van der Waals surface area contributed by atoms with Gasteiger partial charge in [0, 0.05) is 24.5 Å². The Hall–Kier alpha value is -0.810. The molecule has 0 radical (unpaired) electrons. The Bertz CT molecular complexity index is 607. The SMILES string of the molecule is Cc1ccc2c(N3CCC(N)CC3)nc(Cl)nc2c1.Cl.Cl. The van der Waals surface area contributed by atoms with E-state index in [-0.39, 0.29) is 24.8 Å². The Kier molecular flexibility index (Phi) is 6.47. The van der Waals surface area contributed by atoms with Gasteiger partial charge in [0.2, 0.25) is 5.28 Å². The van der Waals surface area contributed by atoms with Gasteiger partial charge in [0.25, 0.3) is 0 Å². The Morgan fingerprint density at radius 3 is 2.52 bits per heavy atom. The number of fused-ring (bicyclic) bond motifs is 1. The van der Waals surface area contributed by atoms with Gasteiger partial charge in [-0.2, -0.15) is 4.98 Å². The summed E-state index contributed by atoms with van der Waals surface area (Å²) in [4.78, 5) is 11.0. The van der Waals surface area contributed by atoms with Crippen LogP contribution in [0, 0.1) is 6.92 Å². The molecule has 2 heterocycles. The molecule has 21 heavy (non-hydrogen) atoms. The van der Waals surface area contributed by atoms with Crippen molar-refractivity contribution < 1.29 is 0 Å². The molecule has 0 amide bonds. The zero-order valence-corrected chi connectivity index (χ0v) is 14.1. The molecule has 0 aliphatic carbocycles. The smallest absolute Gasteiger partial charge is 0.224 e. The number of anilines is 1. The second-order valence-corrected chi connectivity index (χ2v) is 5.50. The molecule has 1 fully saturated rings. The number of rotatable bonds is 1. The molecule has 2 aromatic rings. The Balaban J connectivity index is 0.00000110. The lowest BCUT2D eigenvalue weighted by Gasteiger charge is -2.31. The van der Waals surface area contributed by atoms with E-state index in [0.29, 0.717) is 11.3 Å². The normalized spacial score (nSPS) is 15.5. The number of piperidine rings is 1. The Morgan fingerprint density at radius 2 is 1.86 bits per heavy atom. The van der Waals surface area contributed by atoms with E-state index in [1.807, 2.05) is 6.07 Å². The highest BCUT2D eigenvalue weighted by molar-refractivity contribution is 6.28. The molecular weight excluding hydrogens is 331 g/mol. The molecule has 1 aromatic carbocycles. The number of nitrogens with two attached hydrogens (primary N) is 1. The van der Waals surface area contributed by atoms with Crippen molar-refractivity contribution >= 4 is 53.1 Å². The molecule has 0 bridgehead atoms. The zero-order valence-electron chi connectivity index (χ0n) is 11.8. The summed E-state index contributed by atoms with van der Waals surface area (Å²) in [5.74, 6) is 0.932. The van der Waals surface area contributed by atoms with E-state index < -0.39 is 0 Å². The van der Waals surface area contributed by atoms with E-state index in [1.165, 1.54) is 5.56 Å². The summed E-state index contributed by atoms with van der Waals surface area (Å²) in [5.41, 5.74) is 8.03. The molecule has 0 saturated carbocycles. The minimum absolute atomic E-state index is 0. The first-order valence-corrected chi connectivity index (χ1v) is 6.96. The quantitative estimate of drug-likeness (QED) is 0.802. The van der Waals surface area contributed by atoms with Crippen molar-refractivity contribution in [1.82, 2.24) is 9.97 Å². The third-order valence-electron chi connectivity index (χ3n) is 3.64. The minimum Gasteiger partial charge on any atom is -0.356 e. The van der Waals surface area contributed by atoms with Gasteiger partial charge in [-0.25, -0.2) is 4.98 Å². The van der Waals surface area contributed by atoms with Crippen molar-refractivity contribution in [3.63, 3.8) is 0 Å². The van der Waals surface area contributed by atoms with E-state index in [2.05, 4.69) is 33.9 Å². The fourth-order valence-electron chi connectivity index (χ4n) is 2.55. The first kappa shape index (κ1) is 18.2. The number of aromatic nitrogens is 2. The molecule has 3 rings (SSSR count). The monoisotopic (exact) mass is 348 g/mol. The average molecular weight is 350 g/mol. The fraction of sp³-hybridized carbons (Fsp3) is 0.429. The standard InChI is InChI=1S/C14H17ClN4.2ClH/c1-9-2-3-11-12(8-9)17-14(15)18-13(11)19-6-4-10(16)5-7-19;;/h2-3,8,10H,4-7,16H2,1H3;2*1H. The summed E-state index contributed by atoms with van der Waals surface area (Å²) in [7, 11) is 0. The summed E-state index contributed by atoms with van der Waals surface area (Å²) in [6.45, 7) is 3.91. The topological polar surface area (TPSA) is 55.0 Å². The molecule has 0 unspecified atom stereocenters. The molecule has 4 nitrogen and oxygen atoms in total. The van der Waals surface area contributed by atoms with Crippen LogP contribution in [0.2, 0.25) is 5.28 Å². The molecule has 0 atom stereocenters. The Morgan fingerprint density at radius 1 is 1.19 bits per heavy atom. The van der Waals surface area contributed by atoms with Gasteiger partial charge in [-0.05, 0) is 49.1 Å². The molecule has 7 heteroatoms. The van der Waals surface area contributed by atoms with Gasteiger partial charge in [0.1, 0.15) is 5.82 Å². The van der Waals surface area contributed by atoms with E-state index in [4.69, 9.17) is 17.3 Å². The average Bonchev–Trinajstić information content (AvgIpc) is 2.38. The maximum absolute atomic E-state index is 6.05. The van der Waals surface area contributed by atoms with Crippen LogP contribution < -0.4 is 10.6 Å². The second-order valence-electron chi connectivity index (χ2n) is 5.16. The Labute approximate surface area is 141 Å². The maximum atomic E-state index is 6.05. The number of aryl methyl sites for hydroxylation is 1. The minimum atomic E-state index is 0. The van der Waals surface area contributed by atoms with Crippen LogP contribution in [-0.4, -0.2) is 29.1 Å². The van der Waals surface area contributed by atoms with Crippen molar-refractivity contribution in [3.05, 3.63) is 29.0 Å². The zero-order chi connectivity index (χ0) is 13.4. The van der Waals surface area contributed by atoms with Gasteiger partial charge in [0.15, 0.2) is 0 Å². The predicted molar refractivity (Wildman–Crippen MR) is 93.2 cm³/mol. The highest BCUT2D eigenvalue weighted by Crippen LogP contribution is 2.28. The van der Waals surface area contributed by atoms with E-state index >= 15 is 0 Å². The highest BCUT2D eigenvalue weighted by atomic mass is 35.5. The first-order chi connectivity index (χ1) is 9.13. The summed E-state index contributed by atoms with van der Waals surface area (Å²) < 4.78 is 0. The van der Waals surface area contributed by atoms with Gasteiger partial charge >= 0.3 is 0 Å². The van der Waals surface area contributed by atoms with Gasteiger partial charge in [-0.1, -0.05) is 6.07 Å². The lowest BCUT2D eigenvalue weighted by Crippen LogP contribution is -2.40.